The summed E-state index contributed by atoms with van der Waals surface area (Å²) in [6, 6.07) is 8.50. The molecule has 0 radical (unpaired) electrons. The average molecular weight is 297 g/mol. The first-order chi connectivity index (χ1) is 9.43. The topological polar surface area (TPSA) is 102 Å². The molecule has 7 heteroatoms. The van der Waals surface area contributed by atoms with E-state index in [4.69, 9.17) is 10.4 Å². The van der Waals surface area contributed by atoms with Crippen molar-refractivity contribution < 1.29 is 13.5 Å². The maximum Gasteiger partial charge on any atom is 0.215 e. The number of nitrogens with one attached hydrogen (secondary N) is 2. The van der Waals surface area contributed by atoms with Gasteiger partial charge in [-0.25, -0.2) is 13.1 Å². The maximum atomic E-state index is 11.8. The molecule has 1 aromatic carbocycles. The highest BCUT2D eigenvalue weighted by Crippen LogP contribution is 2.07. The molecule has 1 rings (SSSR count). The van der Waals surface area contributed by atoms with Gasteiger partial charge in [0.05, 0.1) is 23.5 Å². The Bertz CT molecular complexity index is 564. The van der Waals surface area contributed by atoms with Gasteiger partial charge in [0.1, 0.15) is 0 Å². The van der Waals surface area contributed by atoms with E-state index in [1.54, 1.807) is 31.2 Å². The molecule has 1 unspecified atom stereocenters. The predicted octanol–water partition coefficient (Wildman–Crippen LogP) is -0.0519. The van der Waals surface area contributed by atoms with Crippen molar-refractivity contribution in [3.8, 4) is 6.07 Å². The Balaban J connectivity index is 2.43. The van der Waals surface area contributed by atoms with E-state index in [-0.39, 0.29) is 12.3 Å². The van der Waals surface area contributed by atoms with Crippen LogP contribution >= 0.6 is 0 Å². The summed E-state index contributed by atoms with van der Waals surface area (Å²) in [5, 5.41) is 20.7. The fraction of sp³-hybridized carbons (Fsp3) is 0.462. The van der Waals surface area contributed by atoms with Crippen LogP contribution in [0.15, 0.2) is 24.3 Å². The lowest BCUT2D eigenvalue weighted by Crippen LogP contribution is -2.35. The van der Waals surface area contributed by atoms with Crippen LogP contribution in [0.2, 0.25) is 0 Å². The van der Waals surface area contributed by atoms with Crippen molar-refractivity contribution in [1.29, 1.82) is 5.26 Å². The molecule has 110 valence electrons. The lowest BCUT2D eigenvalue weighted by molar-refractivity contribution is 0.192. The molecule has 0 aliphatic carbocycles. The summed E-state index contributed by atoms with van der Waals surface area (Å²) in [5.41, 5.74) is 1.02. The second-order valence-electron chi connectivity index (χ2n) is 4.52. The number of nitriles is 1. The molecule has 0 fully saturated rings. The van der Waals surface area contributed by atoms with Gasteiger partial charge in [-0.2, -0.15) is 5.26 Å². The number of rotatable bonds is 8. The Kier molecular flexibility index (Phi) is 6.61. The van der Waals surface area contributed by atoms with Crippen molar-refractivity contribution in [2.45, 2.75) is 18.8 Å². The van der Waals surface area contributed by atoms with E-state index >= 15 is 0 Å². The van der Waals surface area contributed by atoms with E-state index in [9.17, 15) is 8.42 Å². The fourth-order valence-corrected chi connectivity index (χ4v) is 2.74. The van der Waals surface area contributed by atoms with Crippen LogP contribution in [0.3, 0.4) is 0 Å². The molecule has 20 heavy (non-hydrogen) atoms. The van der Waals surface area contributed by atoms with Gasteiger partial charge in [-0.05, 0) is 24.6 Å². The number of sulfonamides is 1. The summed E-state index contributed by atoms with van der Waals surface area (Å²) in [5.74, 6) is -0.154. The van der Waals surface area contributed by atoms with Gasteiger partial charge in [-0.3, -0.25) is 0 Å². The highest BCUT2D eigenvalue weighted by molar-refractivity contribution is 7.88. The largest absolute Gasteiger partial charge is 0.392 e. The molecule has 0 aliphatic rings. The Hall–Kier alpha value is -1.46. The lowest BCUT2D eigenvalue weighted by atomic mass is 10.2. The standard InChI is InChI=1S/C13H19N3O3S/c1-11(17)9-15-5-6-16-20(18,19)10-13-4-2-3-12(7-13)8-14/h2-4,7,11,15-17H,5-6,9-10H2,1H3. The van der Waals surface area contributed by atoms with E-state index in [1.165, 1.54) is 0 Å². The Morgan fingerprint density at radius 3 is 2.80 bits per heavy atom. The van der Waals surface area contributed by atoms with Crippen LogP contribution in [-0.4, -0.2) is 39.3 Å². The molecular weight excluding hydrogens is 278 g/mol. The summed E-state index contributed by atoms with van der Waals surface area (Å²) in [7, 11) is -3.42. The zero-order chi connectivity index (χ0) is 15.0. The van der Waals surface area contributed by atoms with Gasteiger partial charge in [-0.1, -0.05) is 12.1 Å². The van der Waals surface area contributed by atoms with E-state index in [0.29, 0.717) is 24.2 Å². The first-order valence-corrected chi connectivity index (χ1v) is 7.93. The third-order valence-electron chi connectivity index (χ3n) is 2.48. The zero-order valence-corrected chi connectivity index (χ0v) is 12.2. The number of hydrogen-bond acceptors (Lipinski definition) is 5. The van der Waals surface area contributed by atoms with Gasteiger partial charge in [0.2, 0.25) is 10.0 Å². The molecule has 6 nitrogen and oxygen atoms in total. The molecule has 1 aromatic rings. The van der Waals surface area contributed by atoms with Crippen molar-refractivity contribution in [3.05, 3.63) is 35.4 Å². The Morgan fingerprint density at radius 1 is 1.40 bits per heavy atom. The lowest BCUT2D eigenvalue weighted by Gasteiger charge is -2.09. The van der Waals surface area contributed by atoms with Crippen molar-refractivity contribution >= 4 is 10.0 Å². The molecule has 0 aromatic heterocycles. The number of aliphatic hydroxyl groups is 1. The average Bonchev–Trinajstić information content (AvgIpc) is 2.37. The number of aliphatic hydroxyl groups excluding tert-OH is 1. The fourth-order valence-electron chi connectivity index (χ4n) is 1.61. The summed E-state index contributed by atoms with van der Waals surface area (Å²) >= 11 is 0. The van der Waals surface area contributed by atoms with Crippen LogP contribution in [-0.2, 0) is 15.8 Å². The Morgan fingerprint density at radius 2 is 2.15 bits per heavy atom. The van der Waals surface area contributed by atoms with Gasteiger partial charge in [0.25, 0.3) is 0 Å². The molecule has 0 heterocycles. The van der Waals surface area contributed by atoms with Crippen molar-refractivity contribution in [2.75, 3.05) is 19.6 Å². The quantitative estimate of drug-likeness (QED) is 0.584. The van der Waals surface area contributed by atoms with Crippen molar-refractivity contribution in [2.24, 2.45) is 0 Å². The second kappa shape index (κ2) is 7.97. The van der Waals surface area contributed by atoms with Gasteiger partial charge < -0.3 is 10.4 Å². The molecule has 0 saturated heterocycles. The molecule has 1 atom stereocenters. The molecular formula is C13H19N3O3S. The number of nitrogens with zero attached hydrogens (tertiary/aromatic N) is 1. The smallest absolute Gasteiger partial charge is 0.215 e. The van der Waals surface area contributed by atoms with Crippen LogP contribution in [0.4, 0.5) is 0 Å². The maximum absolute atomic E-state index is 11.8. The van der Waals surface area contributed by atoms with E-state index in [2.05, 4.69) is 10.0 Å². The molecule has 3 N–H and O–H groups in total. The third kappa shape index (κ3) is 6.63. The second-order valence-corrected chi connectivity index (χ2v) is 6.33. The van der Waals surface area contributed by atoms with Crippen molar-refractivity contribution in [1.82, 2.24) is 10.0 Å². The summed E-state index contributed by atoms with van der Waals surface area (Å²) < 4.78 is 26.1. The van der Waals surface area contributed by atoms with Gasteiger partial charge in [-0.15, -0.1) is 0 Å². The molecule has 0 bridgehead atoms. The highest BCUT2D eigenvalue weighted by Gasteiger charge is 2.11. The minimum absolute atomic E-state index is 0.154. The Labute approximate surface area is 119 Å². The first-order valence-electron chi connectivity index (χ1n) is 6.28. The van der Waals surface area contributed by atoms with E-state index in [0.717, 1.165) is 0 Å². The summed E-state index contributed by atoms with van der Waals surface area (Å²) in [6.07, 6.45) is -0.458. The normalized spacial score (nSPS) is 12.8. The predicted molar refractivity (Wildman–Crippen MR) is 76.3 cm³/mol. The zero-order valence-electron chi connectivity index (χ0n) is 11.3. The minimum Gasteiger partial charge on any atom is -0.392 e. The number of benzene rings is 1. The van der Waals surface area contributed by atoms with Crippen LogP contribution < -0.4 is 10.0 Å². The SMILES string of the molecule is CC(O)CNCCNS(=O)(=O)Cc1cccc(C#N)c1. The van der Waals surface area contributed by atoms with Gasteiger partial charge in [0.15, 0.2) is 0 Å². The molecule has 0 spiro atoms. The minimum atomic E-state index is -3.42. The third-order valence-corrected chi connectivity index (χ3v) is 3.83. The monoisotopic (exact) mass is 297 g/mol. The highest BCUT2D eigenvalue weighted by atomic mass is 32.2. The van der Waals surface area contributed by atoms with Crippen LogP contribution in [0.25, 0.3) is 0 Å². The van der Waals surface area contributed by atoms with Crippen LogP contribution in [0, 0.1) is 11.3 Å². The molecule has 0 saturated carbocycles. The summed E-state index contributed by atoms with van der Waals surface area (Å²) in [6.45, 7) is 2.78. The number of hydrogen-bond donors (Lipinski definition) is 3. The van der Waals surface area contributed by atoms with Crippen molar-refractivity contribution in [3.63, 3.8) is 0 Å². The van der Waals surface area contributed by atoms with Crippen LogP contribution in [0.1, 0.15) is 18.1 Å². The molecule has 0 amide bonds. The van der Waals surface area contributed by atoms with Gasteiger partial charge >= 0.3 is 0 Å². The summed E-state index contributed by atoms with van der Waals surface area (Å²) in [4.78, 5) is 0. The van der Waals surface area contributed by atoms with Gasteiger partial charge in [0, 0.05) is 19.6 Å². The first kappa shape index (κ1) is 16.6. The molecule has 0 aliphatic heterocycles. The van der Waals surface area contributed by atoms with E-state index in [1.807, 2.05) is 6.07 Å². The van der Waals surface area contributed by atoms with Crippen LogP contribution in [0.5, 0.6) is 0 Å². The van der Waals surface area contributed by atoms with E-state index < -0.39 is 16.1 Å².